The van der Waals surface area contributed by atoms with Crippen LogP contribution in [0.25, 0.3) is 0 Å². The van der Waals surface area contributed by atoms with Crippen molar-refractivity contribution in [1.82, 2.24) is 15.5 Å². The number of nitrogens with one attached hydrogen (secondary N) is 1. The molecular formula is C14H19N3O2S. The van der Waals surface area contributed by atoms with E-state index in [0.29, 0.717) is 11.8 Å². The lowest BCUT2D eigenvalue weighted by molar-refractivity contribution is 0.339. The minimum Gasteiger partial charge on any atom is -0.494 e. The van der Waals surface area contributed by atoms with Gasteiger partial charge in [-0.3, -0.25) is 0 Å². The third kappa shape index (κ3) is 4.47. The van der Waals surface area contributed by atoms with E-state index in [-0.39, 0.29) is 0 Å². The summed E-state index contributed by atoms with van der Waals surface area (Å²) >= 11 is 1.45. The van der Waals surface area contributed by atoms with Gasteiger partial charge in [0.05, 0.1) is 6.61 Å². The summed E-state index contributed by atoms with van der Waals surface area (Å²) in [6.07, 6.45) is 1.11. The Balaban J connectivity index is 1.89. The lowest BCUT2D eigenvalue weighted by Crippen LogP contribution is -2.13. The van der Waals surface area contributed by atoms with Crippen molar-refractivity contribution >= 4 is 11.3 Å². The number of hydrogen-bond acceptors (Lipinski definition) is 6. The molecule has 6 heteroatoms. The summed E-state index contributed by atoms with van der Waals surface area (Å²) in [7, 11) is 0. The normalized spacial score (nSPS) is 10.5. The fraction of sp³-hybridized carbons (Fsp3) is 0.429. The molecule has 0 saturated heterocycles. The molecule has 0 aliphatic heterocycles. The van der Waals surface area contributed by atoms with Crippen LogP contribution in [0.5, 0.6) is 16.7 Å². The summed E-state index contributed by atoms with van der Waals surface area (Å²) in [4.78, 5) is 0. The van der Waals surface area contributed by atoms with E-state index in [1.54, 1.807) is 0 Å². The number of benzene rings is 1. The van der Waals surface area contributed by atoms with Gasteiger partial charge in [0.25, 0.3) is 5.19 Å². The summed E-state index contributed by atoms with van der Waals surface area (Å²) in [5.41, 5.74) is 0. The van der Waals surface area contributed by atoms with E-state index in [1.807, 2.05) is 31.2 Å². The van der Waals surface area contributed by atoms with Gasteiger partial charge in [-0.1, -0.05) is 23.4 Å². The second kappa shape index (κ2) is 7.81. The van der Waals surface area contributed by atoms with Crippen LogP contribution in [0.2, 0.25) is 0 Å². The fourth-order valence-electron chi connectivity index (χ4n) is 1.59. The summed E-state index contributed by atoms with van der Waals surface area (Å²) in [5.74, 6) is 1.57. The van der Waals surface area contributed by atoms with Crippen molar-refractivity contribution in [3.8, 4) is 16.7 Å². The molecule has 0 aliphatic carbocycles. The van der Waals surface area contributed by atoms with E-state index in [0.717, 1.165) is 36.0 Å². The van der Waals surface area contributed by atoms with Crippen LogP contribution in [0.15, 0.2) is 24.3 Å². The second-order valence-corrected chi connectivity index (χ2v) is 5.17. The zero-order chi connectivity index (χ0) is 14.2. The fourth-order valence-corrected chi connectivity index (χ4v) is 2.27. The summed E-state index contributed by atoms with van der Waals surface area (Å²) in [6.45, 7) is 6.46. The summed E-state index contributed by atoms with van der Waals surface area (Å²) < 4.78 is 11.0. The van der Waals surface area contributed by atoms with Crippen molar-refractivity contribution in [2.24, 2.45) is 0 Å². The van der Waals surface area contributed by atoms with Crippen LogP contribution in [0.1, 0.15) is 25.3 Å². The predicted octanol–water partition coefficient (Wildman–Crippen LogP) is 3.23. The van der Waals surface area contributed by atoms with Crippen molar-refractivity contribution in [1.29, 1.82) is 0 Å². The highest BCUT2D eigenvalue weighted by Crippen LogP contribution is 2.26. The van der Waals surface area contributed by atoms with Crippen molar-refractivity contribution in [2.45, 2.75) is 26.8 Å². The Morgan fingerprint density at radius 1 is 1.10 bits per heavy atom. The highest BCUT2D eigenvalue weighted by molar-refractivity contribution is 7.13. The maximum atomic E-state index is 5.66. The lowest BCUT2D eigenvalue weighted by Gasteiger charge is -2.04. The molecule has 0 amide bonds. The van der Waals surface area contributed by atoms with Crippen molar-refractivity contribution < 1.29 is 9.47 Å². The van der Waals surface area contributed by atoms with Crippen LogP contribution in [-0.4, -0.2) is 23.3 Å². The molecule has 1 aromatic carbocycles. The smallest absolute Gasteiger partial charge is 0.299 e. The van der Waals surface area contributed by atoms with Crippen molar-refractivity contribution in [3.05, 3.63) is 29.3 Å². The molecule has 108 valence electrons. The largest absolute Gasteiger partial charge is 0.494 e. The number of hydrogen-bond donors (Lipinski definition) is 1. The Morgan fingerprint density at radius 3 is 2.55 bits per heavy atom. The van der Waals surface area contributed by atoms with Crippen LogP contribution in [0.3, 0.4) is 0 Å². The van der Waals surface area contributed by atoms with E-state index in [4.69, 9.17) is 9.47 Å². The van der Waals surface area contributed by atoms with E-state index >= 15 is 0 Å². The molecule has 0 radical (unpaired) electrons. The SMILES string of the molecule is CCCNCc1nnc(Oc2ccc(OCC)cc2)s1. The molecule has 2 aromatic rings. The quantitative estimate of drug-likeness (QED) is 0.757. The third-order valence-corrected chi connectivity index (χ3v) is 3.29. The molecule has 1 heterocycles. The van der Waals surface area contributed by atoms with E-state index in [2.05, 4.69) is 22.4 Å². The highest BCUT2D eigenvalue weighted by atomic mass is 32.1. The molecule has 0 unspecified atom stereocenters. The number of rotatable bonds is 8. The average molecular weight is 293 g/mol. The van der Waals surface area contributed by atoms with Crippen LogP contribution >= 0.6 is 11.3 Å². The third-order valence-electron chi connectivity index (χ3n) is 2.49. The molecule has 0 saturated carbocycles. The monoisotopic (exact) mass is 293 g/mol. The van der Waals surface area contributed by atoms with Crippen molar-refractivity contribution in [3.63, 3.8) is 0 Å². The molecule has 0 fully saturated rings. The lowest BCUT2D eigenvalue weighted by atomic mass is 10.3. The van der Waals surface area contributed by atoms with Gasteiger partial charge in [-0.25, -0.2) is 0 Å². The molecule has 0 bridgehead atoms. The van der Waals surface area contributed by atoms with Crippen molar-refractivity contribution in [2.75, 3.05) is 13.2 Å². The number of nitrogens with zero attached hydrogens (tertiary/aromatic N) is 2. The predicted molar refractivity (Wildman–Crippen MR) is 79.6 cm³/mol. The Kier molecular flexibility index (Phi) is 5.76. The minimum absolute atomic E-state index is 0.558. The summed E-state index contributed by atoms with van der Waals surface area (Å²) in [6, 6.07) is 7.48. The van der Waals surface area contributed by atoms with Crippen LogP contribution in [-0.2, 0) is 6.54 Å². The standard InChI is InChI=1S/C14H19N3O2S/c1-3-9-15-10-13-16-17-14(20-13)19-12-7-5-11(6-8-12)18-4-2/h5-8,15H,3-4,9-10H2,1-2H3. The molecule has 2 rings (SSSR count). The zero-order valence-corrected chi connectivity index (χ0v) is 12.6. The number of aromatic nitrogens is 2. The van der Waals surface area contributed by atoms with Gasteiger partial charge in [-0.15, -0.1) is 5.10 Å². The Morgan fingerprint density at radius 2 is 1.85 bits per heavy atom. The maximum Gasteiger partial charge on any atom is 0.299 e. The zero-order valence-electron chi connectivity index (χ0n) is 11.8. The van der Waals surface area contributed by atoms with Gasteiger partial charge in [0.15, 0.2) is 0 Å². The van der Waals surface area contributed by atoms with Gasteiger partial charge in [0.1, 0.15) is 16.5 Å². The van der Waals surface area contributed by atoms with Gasteiger partial charge >= 0.3 is 0 Å². The molecule has 5 nitrogen and oxygen atoms in total. The first-order valence-electron chi connectivity index (χ1n) is 6.75. The first-order chi connectivity index (χ1) is 9.81. The Hall–Kier alpha value is -1.66. The van der Waals surface area contributed by atoms with Gasteiger partial charge in [0.2, 0.25) is 0 Å². The Bertz CT molecular complexity index is 513. The molecule has 1 aromatic heterocycles. The topological polar surface area (TPSA) is 56.3 Å². The van der Waals surface area contributed by atoms with Gasteiger partial charge in [-0.2, -0.15) is 0 Å². The highest BCUT2D eigenvalue weighted by Gasteiger charge is 2.06. The Labute approximate surface area is 123 Å². The minimum atomic E-state index is 0.558. The molecule has 20 heavy (non-hydrogen) atoms. The van der Waals surface area contributed by atoms with E-state index in [1.165, 1.54) is 11.3 Å². The van der Waals surface area contributed by atoms with Crippen LogP contribution in [0, 0.1) is 0 Å². The molecule has 1 N–H and O–H groups in total. The van der Waals surface area contributed by atoms with Gasteiger partial charge < -0.3 is 14.8 Å². The van der Waals surface area contributed by atoms with Crippen LogP contribution < -0.4 is 14.8 Å². The molecule has 0 spiro atoms. The summed E-state index contributed by atoms with van der Waals surface area (Å²) in [5, 5.41) is 12.9. The molecule has 0 aliphatic rings. The van der Waals surface area contributed by atoms with E-state index in [9.17, 15) is 0 Å². The molecule has 0 atom stereocenters. The first-order valence-corrected chi connectivity index (χ1v) is 7.57. The van der Waals surface area contributed by atoms with Gasteiger partial charge in [-0.05, 0) is 44.2 Å². The number of ether oxygens (including phenoxy) is 2. The maximum absolute atomic E-state index is 5.66. The van der Waals surface area contributed by atoms with E-state index < -0.39 is 0 Å². The molecular weight excluding hydrogens is 274 g/mol. The second-order valence-electron chi connectivity index (χ2n) is 4.14. The first kappa shape index (κ1) is 14.7. The average Bonchev–Trinajstić information content (AvgIpc) is 2.89. The van der Waals surface area contributed by atoms with Gasteiger partial charge in [0, 0.05) is 6.54 Å². The van der Waals surface area contributed by atoms with Crippen LogP contribution in [0.4, 0.5) is 0 Å².